The van der Waals surface area contributed by atoms with Crippen molar-refractivity contribution in [1.29, 1.82) is 0 Å². The van der Waals surface area contributed by atoms with Crippen molar-refractivity contribution in [3.05, 3.63) is 18.2 Å². The van der Waals surface area contributed by atoms with Crippen LogP contribution in [0.5, 0.6) is 0 Å². The molecule has 1 unspecified atom stereocenters. The number of thioether (sulfide) groups is 1. The number of rotatable bonds is 5. The van der Waals surface area contributed by atoms with Crippen LogP contribution >= 0.6 is 11.8 Å². The van der Waals surface area contributed by atoms with Gasteiger partial charge in [0.25, 0.3) is 0 Å². The SMILES string of the molecule is CSCCCC(O)c1nccn1C. The van der Waals surface area contributed by atoms with Crippen LogP contribution in [0.2, 0.25) is 0 Å². The minimum Gasteiger partial charge on any atom is -0.385 e. The van der Waals surface area contributed by atoms with E-state index in [9.17, 15) is 5.11 Å². The van der Waals surface area contributed by atoms with Crippen LogP contribution in [0.25, 0.3) is 0 Å². The number of aliphatic hydroxyl groups excluding tert-OH is 1. The van der Waals surface area contributed by atoms with E-state index < -0.39 is 6.10 Å². The van der Waals surface area contributed by atoms with Gasteiger partial charge in [0.1, 0.15) is 11.9 Å². The molecule has 0 aliphatic heterocycles. The maximum atomic E-state index is 9.72. The van der Waals surface area contributed by atoms with Gasteiger partial charge in [-0.1, -0.05) is 0 Å². The first-order valence-corrected chi connectivity index (χ1v) is 5.79. The number of nitrogens with zero attached hydrogens (tertiary/aromatic N) is 2. The highest BCUT2D eigenvalue weighted by Crippen LogP contribution is 2.16. The first kappa shape index (κ1) is 10.6. The first-order chi connectivity index (χ1) is 6.25. The van der Waals surface area contributed by atoms with Gasteiger partial charge < -0.3 is 9.67 Å². The van der Waals surface area contributed by atoms with E-state index in [0.717, 1.165) is 24.4 Å². The van der Waals surface area contributed by atoms with E-state index in [-0.39, 0.29) is 0 Å². The van der Waals surface area contributed by atoms with E-state index in [1.54, 1.807) is 18.0 Å². The van der Waals surface area contributed by atoms with Crippen LogP contribution in [-0.2, 0) is 7.05 Å². The van der Waals surface area contributed by atoms with E-state index >= 15 is 0 Å². The molecule has 0 saturated heterocycles. The number of aliphatic hydroxyl groups is 1. The summed E-state index contributed by atoms with van der Waals surface area (Å²) in [7, 11) is 1.90. The van der Waals surface area contributed by atoms with Crippen molar-refractivity contribution < 1.29 is 5.11 Å². The predicted molar refractivity (Wildman–Crippen MR) is 55.8 cm³/mol. The minimum atomic E-state index is -0.410. The van der Waals surface area contributed by atoms with Crippen LogP contribution in [0, 0.1) is 0 Å². The highest BCUT2D eigenvalue weighted by molar-refractivity contribution is 7.98. The summed E-state index contributed by atoms with van der Waals surface area (Å²) in [6.45, 7) is 0. The number of imidazole rings is 1. The van der Waals surface area contributed by atoms with E-state index in [2.05, 4.69) is 11.2 Å². The fourth-order valence-electron chi connectivity index (χ4n) is 1.25. The molecule has 1 rings (SSSR count). The lowest BCUT2D eigenvalue weighted by Crippen LogP contribution is -2.05. The van der Waals surface area contributed by atoms with Gasteiger partial charge in [0.2, 0.25) is 0 Å². The second-order valence-corrected chi connectivity index (χ2v) is 4.03. The molecule has 0 aromatic carbocycles. The van der Waals surface area contributed by atoms with Crippen molar-refractivity contribution in [3.8, 4) is 0 Å². The fraction of sp³-hybridized carbons (Fsp3) is 0.667. The molecular formula is C9H16N2OS. The normalized spacial score (nSPS) is 13.2. The highest BCUT2D eigenvalue weighted by Gasteiger charge is 2.10. The molecule has 0 aliphatic carbocycles. The van der Waals surface area contributed by atoms with Crippen molar-refractivity contribution in [2.75, 3.05) is 12.0 Å². The van der Waals surface area contributed by atoms with E-state index in [1.807, 2.05) is 17.8 Å². The van der Waals surface area contributed by atoms with Crippen LogP contribution in [0.3, 0.4) is 0 Å². The summed E-state index contributed by atoms with van der Waals surface area (Å²) < 4.78 is 1.86. The van der Waals surface area contributed by atoms with E-state index in [4.69, 9.17) is 0 Å². The molecular weight excluding hydrogens is 184 g/mol. The van der Waals surface area contributed by atoms with Gasteiger partial charge in [-0.2, -0.15) is 11.8 Å². The Morgan fingerprint density at radius 1 is 1.69 bits per heavy atom. The smallest absolute Gasteiger partial charge is 0.137 e. The Balaban J connectivity index is 2.39. The standard InChI is InChI=1S/C9H16N2OS/c1-11-6-5-10-9(11)8(12)4-3-7-13-2/h5-6,8,12H,3-4,7H2,1-2H3. The molecule has 0 amide bonds. The molecule has 1 atom stereocenters. The molecule has 0 spiro atoms. The molecule has 1 aromatic rings. The molecule has 1 aromatic heterocycles. The predicted octanol–water partition coefficient (Wildman–Crippen LogP) is 1.60. The summed E-state index contributed by atoms with van der Waals surface area (Å²) in [4.78, 5) is 4.10. The lowest BCUT2D eigenvalue weighted by molar-refractivity contribution is 0.154. The molecule has 1 N–H and O–H groups in total. The monoisotopic (exact) mass is 200 g/mol. The minimum absolute atomic E-state index is 0.410. The Labute approximate surface area is 83.2 Å². The van der Waals surface area contributed by atoms with Crippen LogP contribution in [0.15, 0.2) is 12.4 Å². The molecule has 0 bridgehead atoms. The van der Waals surface area contributed by atoms with Gasteiger partial charge in [-0.15, -0.1) is 0 Å². The summed E-state index contributed by atoms with van der Waals surface area (Å²) >= 11 is 1.81. The second-order valence-electron chi connectivity index (χ2n) is 3.05. The van der Waals surface area contributed by atoms with Crippen LogP contribution in [-0.4, -0.2) is 26.7 Å². The number of aromatic nitrogens is 2. The molecule has 4 heteroatoms. The molecule has 0 saturated carbocycles. The van der Waals surface area contributed by atoms with Gasteiger partial charge in [-0.25, -0.2) is 4.98 Å². The first-order valence-electron chi connectivity index (χ1n) is 4.40. The van der Waals surface area contributed by atoms with Crippen molar-refractivity contribution in [2.45, 2.75) is 18.9 Å². The summed E-state index contributed by atoms with van der Waals surface area (Å²) in [5.74, 6) is 1.86. The maximum Gasteiger partial charge on any atom is 0.137 e. The van der Waals surface area contributed by atoms with Crippen molar-refractivity contribution >= 4 is 11.8 Å². The third kappa shape index (κ3) is 3.04. The lowest BCUT2D eigenvalue weighted by atomic mass is 10.2. The average molecular weight is 200 g/mol. The van der Waals surface area contributed by atoms with Gasteiger partial charge in [-0.3, -0.25) is 0 Å². The topological polar surface area (TPSA) is 38.1 Å². The summed E-state index contributed by atoms with van der Waals surface area (Å²) in [6, 6.07) is 0. The lowest BCUT2D eigenvalue weighted by Gasteiger charge is -2.09. The van der Waals surface area contributed by atoms with Crippen molar-refractivity contribution in [2.24, 2.45) is 7.05 Å². The maximum absolute atomic E-state index is 9.72. The number of hydrogen-bond acceptors (Lipinski definition) is 3. The Morgan fingerprint density at radius 3 is 3.00 bits per heavy atom. The quantitative estimate of drug-likeness (QED) is 0.734. The Kier molecular flexibility index (Phi) is 4.32. The van der Waals surface area contributed by atoms with Gasteiger partial charge in [0, 0.05) is 19.4 Å². The molecule has 0 fully saturated rings. The van der Waals surface area contributed by atoms with E-state index in [1.165, 1.54) is 0 Å². The zero-order valence-electron chi connectivity index (χ0n) is 8.10. The third-order valence-electron chi connectivity index (χ3n) is 1.98. The van der Waals surface area contributed by atoms with E-state index in [0.29, 0.717) is 0 Å². The summed E-state index contributed by atoms with van der Waals surface area (Å²) in [6.07, 6.45) is 7.07. The van der Waals surface area contributed by atoms with Gasteiger partial charge >= 0.3 is 0 Å². The molecule has 0 aliphatic rings. The number of aryl methyl sites for hydroxylation is 1. The molecule has 1 heterocycles. The highest BCUT2D eigenvalue weighted by atomic mass is 32.2. The van der Waals surface area contributed by atoms with Crippen LogP contribution < -0.4 is 0 Å². The van der Waals surface area contributed by atoms with Crippen LogP contribution in [0.1, 0.15) is 24.8 Å². The zero-order valence-corrected chi connectivity index (χ0v) is 8.92. The molecule has 74 valence electrons. The van der Waals surface area contributed by atoms with Gasteiger partial charge in [-0.05, 0) is 24.9 Å². The Bertz CT molecular complexity index is 250. The fourth-order valence-corrected chi connectivity index (χ4v) is 1.70. The van der Waals surface area contributed by atoms with Crippen molar-refractivity contribution in [1.82, 2.24) is 9.55 Å². The second kappa shape index (κ2) is 5.29. The van der Waals surface area contributed by atoms with Crippen molar-refractivity contribution in [3.63, 3.8) is 0 Å². The largest absolute Gasteiger partial charge is 0.385 e. The van der Waals surface area contributed by atoms with Gasteiger partial charge in [0.05, 0.1) is 0 Å². The average Bonchev–Trinajstić information content (AvgIpc) is 2.52. The van der Waals surface area contributed by atoms with Gasteiger partial charge in [0.15, 0.2) is 0 Å². The summed E-state index contributed by atoms with van der Waals surface area (Å²) in [5, 5.41) is 9.72. The number of hydrogen-bond donors (Lipinski definition) is 1. The Hall–Kier alpha value is -0.480. The zero-order chi connectivity index (χ0) is 9.68. The Morgan fingerprint density at radius 2 is 2.46 bits per heavy atom. The summed E-state index contributed by atoms with van der Waals surface area (Å²) in [5.41, 5.74) is 0. The molecule has 13 heavy (non-hydrogen) atoms. The van der Waals surface area contributed by atoms with Crippen LogP contribution in [0.4, 0.5) is 0 Å². The molecule has 0 radical (unpaired) electrons. The molecule has 3 nitrogen and oxygen atoms in total. The third-order valence-corrected chi connectivity index (χ3v) is 2.68.